The van der Waals surface area contributed by atoms with Gasteiger partial charge in [-0.1, -0.05) is 12.2 Å². The summed E-state index contributed by atoms with van der Waals surface area (Å²) >= 11 is 0. The zero-order valence-electron chi connectivity index (χ0n) is 14.5. The highest BCUT2D eigenvalue weighted by atomic mass is 16.5. The molecule has 7 heteroatoms. The van der Waals surface area contributed by atoms with Gasteiger partial charge in [-0.15, -0.1) is 0 Å². The number of ether oxygens (including phenoxy) is 1. The minimum absolute atomic E-state index is 0.00190. The molecule has 0 aromatic carbocycles. The Kier molecular flexibility index (Phi) is 5.99. The highest BCUT2D eigenvalue weighted by Gasteiger charge is 2.23. The smallest absolute Gasteiger partial charge is 0.332 e. The van der Waals surface area contributed by atoms with Crippen LogP contribution >= 0.6 is 0 Å². The largest absolute Gasteiger partial charge is 0.383 e. The molecule has 0 amide bonds. The molecule has 1 aromatic heterocycles. The maximum atomic E-state index is 12.3. The molecule has 1 aliphatic rings. The molecule has 1 heterocycles. The summed E-state index contributed by atoms with van der Waals surface area (Å²) in [7, 11) is 4.59. The number of methoxy groups -OCH3 is 1. The quantitative estimate of drug-likeness (QED) is 0.719. The van der Waals surface area contributed by atoms with Crippen LogP contribution in [0.4, 0.5) is 5.82 Å². The molecule has 0 bridgehead atoms. The molecule has 0 radical (unpaired) electrons. The Bertz CT molecular complexity index is 770. The summed E-state index contributed by atoms with van der Waals surface area (Å²) in [6.07, 6.45) is 7.38. The Morgan fingerprint density at radius 3 is 2.67 bits per heavy atom. The van der Waals surface area contributed by atoms with Crippen LogP contribution in [0.1, 0.15) is 24.8 Å². The molecule has 24 heavy (non-hydrogen) atoms. The number of nitriles is 1. The third kappa shape index (κ3) is 3.60. The monoisotopic (exact) mass is 332 g/mol. The van der Waals surface area contributed by atoms with Crippen LogP contribution in [0.15, 0.2) is 21.7 Å². The van der Waals surface area contributed by atoms with E-state index >= 15 is 0 Å². The van der Waals surface area contributed by atoms with Crippen LogP contribution < -0.4 is 16.1 Å². The van der Waals surface area contributed by atoms with Crippen LogP contribution in [0.2, 0.25) is 0 Å². The first-order valence-corrected chi connectivity index (χ1v) is 8.10. The number of allylic oxidation sites excluding steroid dienone is 2. The van der Waals surface area contributed by atoms with Crippen LogP contribution in [-0.2, 0) is 18.8 Å². The first-order chi connectivity index (χ1) is 11.5. The Hall–Kier alpha value is -2.33. The first-order valence-electron chi connectivity index (χ1n) is 8.10. The van der Waals surface area contributed by atoms with Crippen molar-refractivity contribution >= 4 is 5.82 Å². The van der Waals surface area contributed by atoms with Crippen molar-refractivity contribution in [3.63, 3.8) is 0 Å². The number of nitrogens with zero attached hydrogens (tertiary/aromatic N) is 4. The van der Waals surface area contributed by atoms with Gasteiger partial charge in [0.05, 0.1) is 6.61 Å². The van der Waals surface area contributed by atoms with Crippen molar-refractivity contribution in [3.05, 3.63) is 38.6 Å². The first kappa shape index (κ1) is 18.0. The van der Waals surface area contributed by atoms with E-state index in [1.54, 1.807) is 14.2 Å². The van der Waals surface area contributed by atoms with Crippen LogP contribution in [0, 0.1) is 17.2 Å². The lowest BCUT2D eigenvalue weighted by Gasteiger charge is -2.31. The summed E-state index contributed by atoms with van der Waals surface area (Å²) in [5, 5.41) is 9.47. The topological polar surface area (TPSA) is 80.3 Å². The number of rotatable bonds is 6. The van der Waals surface area contributed by atoms with Crippen molar-refractivity contribution in [2.45, 2.75) is 19.3 Å². The van der Waals surface area contributed by atoms with E-state index in [4.69, 9.17) is 4.74 Å². The molecular formula is C17H24N4O3. The molecule has 0 aliphatic heterocycles. The SMILES string of the molecule is COCCN(CC1CC=CCC1)c1c(C#N)c(=O)n(C)c(=O)n1C. The summed E-state index contributed by atoms with van der Waals surface area (Å²) in [5.74, 6) is 0.815. The fourth-order valence-electron chi connectivity index (χ4n) is 3.12. The van der Waals surface area contributed by atoms with Gasteiger partial charge in [-0.3, -0.25) is 13.9 Å². The second kappa shape index (κ2) is 7.97. The van der Waals surface area contributed by atoms with Gasteiger partial charge in [-0.2, -0.15) is 5.26 Å². The van der Waals surface area contributed by atoms with Gasteiger partial charge in [0.1, 0.15) is 11.9 Å². The average Bonchev–Trinajstić information content (AvgIpc) is 2.60. The van der Waals surface area contributed by atoms with E-state index < -0.39 is 11.2 Å². The van der Waals surface area contributed by atoms with Crippen molar-refractivity contribution in [3.8, 4) is 6.07 Å². The van der Waals surface area contributed by atoms with Gasteiger partial charge in [-0.05, 0) is 25.2 Å². The highest BCUT2D eigenvalue weighted by molar-refractivity contribution is 5.53. The maximum absolute atomic E-state index is 12.3. The number of aromatic nitrogens is 2. The molecule has 0 saturated carbocycles. The van der Waals surface area contributed by atoms with E-state index in [1.165, 1.54) is 11.6 Å². The molecule has 130 valence electrons. The summed E-state index contributed by atoms with van der Waals surface area (Å²) < 4.78 is 7.53. The standard InChI is InChI=1S/C17H24N4O3/c1-19-15(14(11-18)16(22)20(2)17(19)23)21(9-10-24-3)12-13-7-5-4-6-8-13/h4-5,13H,6-10,12H2,1-3H3. The molecule has 2 rings (SSSR count). The Balaban J connectivity index is 2.49. The molecule has 0 N–H and O–H groups in total. The number of anilines is 1. The predicted octanol–water partition coefficient (Wildman–Crippen LogP) is 0.765. The lowest BCUT2D eigenvalue weighted by atomic mass is 9.94. The third-order valence-corrected chi connectivity index (χ3v) is 4.47. The van der Waals surface area contributed by atoms with Gasteiger partial charge in [0.2, 0.25) is 0 Å². The molecular weight excluding hydrogens is 308 g/mol. The maximum Gasteiger partial charge on any atom is 0.332 e. The normalized spacial score (nSPS) is 16.8. The zero-order chi connectivity index (χ0) is 17.7. The molecule has 0 saturated heterocycles. The van der Waals surface area contributed by atoms with Crippen LogP contribution in [-0.4, -0.2) is 35.9 Å². The van der Waals surface area contributed by atoms with E-state index in [0.29, 0.717) is 31.4 Å². The van der Waals surface area contributed by atoms with Gasteiger partial charge in [0.25, 0.3) is 5.56 Å². The molecule has 0 fully saturated rings. The average molecular weight is 332 g/mol. The summed E-state index contributed by atoms with van der Waals surface area (Å²) in [4.78, 5) is 26.6. The Labute approximate surface area is 141 Å². The van der Waals surface area contributed by atoms with Gasteiger partial charge in [0.15, 0.2) is 5.56 Å². The van der Waals surface area contributed by atoms with Crippen molar-refractivity contribution < 1.29 is 4.74 Å². The van der Waals surface area contributed by atoms with Gasteiger partial charge < -0.3 is 9.64 Å². The van der Waals surface area contributed by atoms with Gasteiger partial charge in [-0.25, -0.2) is 4.79 Å². The van der Waals surface area contributed by atoms with E-state index in [9.17, 15) is 14.9 Å². The van der Waals surface area contributed by atoms with Crippen LogP contribution in [0.3, 0.4) is 0 Å². The number of hydrogen-bond donors (Lipinski definition) is 0. The lowest BCUT2D eigenvalue weighted by Crippen LogP contribution is -2.44. The van der Waals surface area contributed by atoms with Gasteiger partial charge >= 0.3 is 5.69 Å². The zero-order valence-corrected chi connectivity index (χ0v) is 14.5. The van der Waals surface area contributed by atoms with Crippen LogP contribution in [0.25, 0.3) is 0 Å². The third-order valence-electron chi connectivity index (χ3n) is 4.47. The van der Waals surface area contributed by atoms with Crippen molar-refractivity contribution in [2.24, 2.45) is 20.0 Å². The summed E-state index contributed by atoms with van der Waals surface area (Å²) in [6.45, 7) is 1.66. The minimum atomic E-state index is -0.554. The predicted molar refractivity (Wildman–Crippen MR) is 92.2 cm³/mol. The molecule has 1 aliphatic carbocycles. The number of hydrogen-bond acceptors (Lipinski definition) is 5. The van der Waals surface area contributed by atoms with E-state index in [2.05, 4.69) is 12.2 Å². The second-order valence-corrected chi connectivity index (χ2v) is 6.11. The van der Waals surface area contributed by atoms with E-state index in [-0.39, 0.29) is 5.56 Å². The van der Waals surface area contributed by atoms with Crippen molar-refractivity contribution in [1.29, 1.82) is 5.26 Å². The highest BCUT2D eigenvalue weighted by Crippen LogP contribution is 2.23. The summed E-state index contributed by atoms with van der Waals surface area (Å²) in [5.41, 5.74) is -0.983. The Morgan fingerprint density at radius 1 is 1.33 bits per heavy atom. The molecule has 1 unspecified atom stereocenters. The fraction of sp³-hybridized carbons (Fsp3) is 0.588. The molecule has 7 nitrogen and oxygen atoms in total. The molecule has 1 aromatic rings. The van der Waals surface area contributed by atoms with Gasteiger partial charge in [0, 0.05) is 34.3 Å². The van der Waals surface area contributed by atoms with E-state index in [0.717, 1.165) is 23.8 Å². The Morgan fingerprint density at radius 2 is 2.08 bits per heavy atom. The molecule has 1 atom stereocenters. The van der Waals surface area contributed by atoms with Crippen molar-refractivity contribution in [1.82, 2.24) is 9.13 Å². The second-order valence-electron chi connectivity index (χ2n) is 6.11. The fourth-order valence-corrected chi connectivity index (χ4v) is 3.12. The minimum Gasteiger partial charge on any atom is -0.383 e. The lowest BCUT2D eigenvalue weighted by molar-refractivity contribution is 0.203. The van der Waals surface area contributed by atoms with Crippen LogP contribution in [0.5, 0.6) is 0 Å². The van der Waals surface area contributed by atoms with Crippen molar-refractivity contribution in [2.75, 3.05) is 31.7 Å². The molecule has 0 spiro atoms. The summed E-state index contributed by atoms with van der Waals surface area (Å²) in [6, 6.07) is 1.98. The van der Waals surface area contributed by atoms with E-state index in [1.807, 2.05) is 11.0 Å².